The molecule has 1 heterocycles. The molecule has 2 unspecified atom stereocenters. The van der Waals surface area contributed by atoms with Crippen molar-refractivity contribution in [1.82, 2.24) is 4.90 Å². The third-order valence-corrected chi connectivity index (χ3v) is 4.84. The van der Waals surface area contributed by atoms with Crippen molar-refractivity contribution in [2.75, 3.05) is 26.3 Å². The molecule has 1 N–H and O–H groups in total. The summed E-state index contributed by atoms with van der Waals surface area (Å²) in [6.45, 7) is 9.23. The monoisotopic (exact) mass is 325 g/mol. The van der Waals surface area contributed by atoms with Gasteiger partial charge in [0, 0.05) is 23.2 Å². The van der Waals surface area contributed by atoms with Crippen LogP contribution in [0.25, 0.3) is 0 Å². The Labute approximate surface area is 139 Å². The molecule has 0 aliphatic carbocycles. The fraction of sp³-hybridized carbons (Fsp3) is 0.667. The van der Waals surface area contributed by atoms with Gasteiger partial charge in [-0.05, 0) is 62.9 Å². The minimum atomic E-state index is 0.154. The molecule has 0 bridgehead atoms. The van der Waals surface area contributed by atoms with Crippen molar-refractivity contribution < 1.29 is 9.84 Å². The number of aryl methyl sites for hydroxylation is 1. The molecule has 0 spiro atoms. The molecule has 2 atom stereocenters. The normalized spacial score (nSPS) is 18.4. The van der Waals surface area contributed by atoms with E-state index in [4.69, 9.17) is 16.3 Å². The molecule has 1 aliphatic rings. The third kappa shape index (κ3) is 3.95. The number of halogens is 1. The van der Waals surface area contributed by atoms with Crippen molar-refractivity contribution in [2.24, 2.45) is 5.92 Å². The average Bonchev–Trinajstić information content (AvgIpc) is 3.03. The molecule has 0 saturated carbocycles. The summed E-state index contributed by atoms with van der Waals surface area (Å²) in [4.78, 5) is 2.46. The second-order valence-electron chi connectivity index (χ2n) is 6.34. The Morgan fingerprint density at radius 3 is 2.59 bits per heavy atom. The van der Waals surface area contributed by atoms with E-state index in [-0.39, 0.29) is 18.6 Å². The van der Waals surface area contributed by atoms with E-state index in [9.17, 15) is 5.11 Å². The number of hydrogen-bond donors (Lipinski definition) is 1. The zero-order chi connectivity index (χ0) is 16.1. The summed E-state index contributed by atoms with van der Waals surface area (Å²) in [5.41, 5.74) is 2.15. The molecule has 1 fully saturated rings. The van der Waals surface area contributed by atoms with Gasteiger partial charge in [-0.25, -0.2) is 0 Å². The molecule has 0 radical (unpaired) electrons. The Balaban J connectivity index is 2.41. The Hall–Kier alpha value is -0.770. The summed E-state index contributed by atoms with van der Waals surface area (Å²) in [6.07, 6.45) is 3.42. The fourth-order valence-electron chi connectivity index (χ4n) is 3.22. The fourth-order valence-corrected chi connectivity index (χ4v) is 3.39. The number of likely N-dealkylation sites (tertiary alicyclic amines) is 1. The molecule has 124 valence electrons. The third-order valence-electron chi connectivity index (χ3n) is 4.43. The first-order chi connectivity index (χ1) is 10.6. The van der Waals surface area contributed by atoms with Crippen LogP contribution in [0.1, 0.15) is 50.3 Å². The average molecular weight is 326 g/mol. The molecular formula is C18H28ClNO2. The van der Waals surface area contributed by atoms with Crippen LogP contribution >= 0.6 is 11.6 Å². The highest BCUT2D eigenvalue weighted by Crippen LogP contribution is 2.39. The van der Waals surface area contributed by atoms with Crippen LogP contribution in [0.3, 0.4) is 0 Å². The molecule has 1 saturated heterocycles. The molecule has 1 aromatic rings. The van der Waals surface area contributed by atoms with Crippen LogP contribution in [0.4, 0.5) is 0 Å². The number of nitrogens with zero attached hydrogens (tertiary/aromatic N) is 1. The van der Waals surface area contributed by atoms with E-state index in [1.807, 2.05) is 19.1 Å². The van der Waals surface area contributed by atoms with Crippen LogP contribution in [0, 0.1) is 12.8 Å². The van der Waals surface area contributed by atoms with Gasteiger partial charge < -0.3 is 9.84 Å². The Morgan fingerprint density at radius 1 is 1.32 bits per heavy atom. The standard InChI is InChI=1S/C18H28ClNO2/c1-4-9-22-17-10-13(2)16(19)11-15(17)18(14(3)12-21)20-7-5-6-8-20/h10-11,14,18,21H,4-9,12H2,1-3H3. The van der Waals surface area contributed by atoms with E-state index >= 15 is 0 Å². The lowest BCUT2D eigenvalue weighted by molar-refractivity contribution is 0.123. The van der Waals surface area contributed by atoms with Crippen molar-refractivity contribution >= 4 is 11.6 Å². The Morgan fingerprint density at radius 2 is 2.00 bits per heavy atom. The SMILES string of the molecule is CCCOc1cc(C)c(Cl)cc1C(C(C)CO)N1CCCC1. The number of aliphatic hydroxyl groups is 1. The number of benzene rings is 1. The smallest absolute Gasteiger partial charge is 0.124 e. The maximum Gasteiger partial charge on any atom is 0.124 e. The second kappa shape index (κ2) is 8.19. The molecular weight excluding hydrogens is 298 g/mol. The van der Waals surface area contributed by atoms with Gasteiger partial charge in [-0.1, -0.05) is 25.4 Å². The number of hydrogen-bond acceptors (Lipinski definition) is 3. The van der Waals surface area contributed by atoms with Gasteiger partial charge in [0.1, 0.15) is 5.75 Å². The molecule has 1 aliphatic heterocycles. The van der Waals surface area contributed by atoms with E-state index in [2.05, 4.69) is 18.7 Å². The summed E-state index contributed by atoms with van der Waals surface area (Å²) < 4.78 is 5.99. The lowest BCUT2D eigenvalue weighted by Gasteiger charge is -2.33. The summed E-state index contributed by atoms with van der Waals surface area (Å²) in [5, 5.41) is 10.5. The Kier molecular flexibility index (Phi) is 6.54. The molecule has 1 aromatic carbocycles. The first-order valence-corrected chi connectivity index (χ1v) is 8.74. The zero-order valence-electron chi connectivity index (χ0n) is 13.9. The van der Waals surface area contributed by atoms with Crippen molar-refractivity contribution in [1.29, 1.82) is 0 Å². The van der Waals surface area contributed by atoms with Gasteiger partial charge in [0.15, 0.2) is 0 Å². The van der Waals surface area contributed by atoms with Gasteiger partial charge in [-0.3, -0.25) is 4.90 Å². The molecule has 2 rings (SSSR count). The van der Waals surface area contributed by atoms with E-state index in [1.54, 1.807) is 0 Å². The van der Waals surface area contributed by atoms with Gasteiger partial charge >= 0.3 is 0 Å². The first-order valence-electron chi connectivity index (χ1n) is 8.36. The van der Waals surface area contributed by atoms with E-state index in [1.165, 1.54) is 12.8 Å². The van der Waals surface area contributed by atoms with Gasteiger partial charge in [0.25, 0.3) is 0 Å². The van der Waals surface area contributed by atoms with Crippen molar-refractivity contribution in [3.8, 4) is 5.75 Å². The first kappa shape index (κ1) is 17.6. The summed E-state index contributed by atoms with van der Waals surface area (Å²) in [5.74, 6) is 1.07. The number of aliphatic hydroxyl groups excluding tert-OH is 1. The van der Waals surface area contributed by atoms with Gasteiger partial charge in [0.2, 0.25) is 0 Å². The number of ether oxygens (including phenoxy) is 1. The van der Waals surface area contributed by atoms with Crippen LogP contribution in [0.15, 0.2) is 12.1 Å². The largest absolute Gasteiger partial charge is 0.493 e. The zero-order valence-corrected chi connectivity index (χ0v) is 14.7. The molecule has 4 heteroatoms. The quantitative estimate of drug-likeness (QED) is 0.815. The number of rotatable bonds is 7. The second-order valence-corrected chi connectivity index (χ2v) is 6.74. The lowest BCUT2D eigenvalue weighted by Crippen LogP contribution is -2.32. The van der Waals surface area contributed by atoms with Crippen LogP contribution in [-0.2, 0) is 0 Å². The van der Waals surface area contributed by atoms with Gasteiger partial charge in [0.05, 0.1) is 6.61 Å². The summed E-state index contributed by atoms with van der Waals surface area (Å²) >= 11 is 6.38. The topological polar surface area (TPSA) is 32.7 Å². The van der Waals surface area contributed by atoms with Crippen LogP contribution < -0.4 is 4.74 Å². The highest BCUT2D eigenvalue weighted by Gasteiger charge is 2.30. The summed E-state index contributed by atoms with van der Waals surface area (Å²) in [7, 11) is 0. The lowest BCUT2D eigenvalue weighted by atomic mass is 9.92. The van der Waals surface area contributed by atoms with E-state index < -0.39 is 0 Å². The van der Waals surface area contributed by atoms with Crippen molar-refractivity contribution in [3.05, 3.63) is 28.3 Å². The van der Waals surface area contributed by atoms with E-state index in [0.717, 1.165) is 41.4 Å². The molecule has 0 aromatic heterocycles. The van der Waals surface area contributed by atoms with Crippen LogP contribution in [-0.4, -0.2) is 36.3 Å². The molecule has 0 amide bonds. The van der Waals surface area contributed by atoms with Crippen LogP contribution in [0.2, 0.25) is 5.02 Å². The van der Waals surface area contributed by atoms with Crippen LogP contribution in [0.5, 0.6) is 5.75 Å². The Bertz CT molecular complexity index is 486. The van der Waals surface area contributed by atoms with E-state index in [0.29, 0.717) is 6.61 Å². The molecule has 3 nitrogen and oxygen atoms in total. The highest BCUT2D eigenvalue weighted by molar-refractivity contribution is 6.31. The maximum atomic E-state index is 9.72. The molecule has 22 heavy (non-hydrogen) atoms. The minimum absolute atomic E-state index is 0.154. The minimum Gasteiger partial charge on any atom is -0.493 e. The van der Waals surface area contributed by atoms with Gasteiger partial charge in [-0.2, -0.15) is 0 Å². The van der Waals surface area contributed by atoms with Crippen molar-refractivity contribution in [2.45, 2.75) is 46.1 Å². The summed E-state index contributed by atoms with van der Waals surface area (Å²) in [6, 6.07) is 4.25. The maximum absolute atomic E-state index is 9.72. The van der Waals surface area contributed by atoms with Gasteiger partial charge in [-0.15, -0.1) is 0 Å². The van der Waals surface area contributed by atoms with Crippen molar-refractivity contribution in [3.63, 3.8) is 0 Å². The predicted octanol–water partition coefficient (Wildman–Crippen LogP) is 4.20. The highest BCUT2D eigenvalue weighted by atomic mass is 35.5. The predicted molar refractivity (Wildman–Crippen MR) is 91.8 cm³/mol.